The standard InChI is InChI=1S/C21H29N3O2/c25-20(18-4-5-19-17(14-18)6-9-22-19)23-15-21(7-2-1-3-8-21)16-24-10-12-26-13-11-24/h4-6,9,14,22H,1-3,7-8,10-13,15-16H2,(H,23,25). The Morgan fingerprint density at radius 3 is 2.77 bits per heavy atom. The van der Waals surface area contributed by atoms with Gasteiger partial charge in [-0.25, -0.2) is 0 Å². The Morgan fingerprint density at radius 2 is 1.96 bits per heavy atom. The van der Waals surface area contributed by atoms with Gasteiger partial charge in [0.2, 0.25) is 0 Å². The Labute approximate surface area is 155 Å². The third kappa shape index (κ3) is 3.94. The third-order valence-corrected chi connectivity index (χ3v) is 6.02. The molecule has 26 heavy (non-hydrogen) atoms. The van der Waals surface area contributed by atoms with Gasteiger partial charge in [0.15, 0.2) is 0 Å². The molecule has 1 amide bonds. The summed E-state index contributed by atoms with van der Waals surface area (Å²) in [7, 11) is 0. The highest BCUT2D eigenvalue weighted by Crippen LogP contribution is 2.37. The van der Waals surface area contributed by atoms with Gasteiger partial charge in [0.05, 0.1) is 13.2 Å². The number of aromatic amines is 1. The predicted octanol–water partition coefficient (Wildman–Crippen LogP) is 3.18. The summed E-state index contributed by atoms with van der Waals surface area (Å²) < 4.78 is 5.49. The normalized spacial score (nSPS) is 20.9. The van der Waals surface area contributed by atoms with E-state index in [4.69, 9.17) is 4.74 Å². The van der Waals surface area contributed by atoms with Crippen molar-refractivity contribution in [3.05, 3.63) is 36.0 Å². The topological polar surface area (TPSA) is 57.4 Å². The molecular weight excluding hydrogens is 326 g/mol. The van der Waals surface area contributed by atoms with Crippen LogP contribution in [0.3, 0.4) is 0 Å². The van der Waals surface area contributed by atoms with Crippen LogP contribution in [0.5, 0.6) is 0 Å². The van der Waals surface area contributed by atoms with Gasteiger partial charge < -0.3 is 15.0 Å². The molecule has 5 nitrogen and oxygen atoms in total. The summed E-state index contributed by atoms with van der Waals surface area (Å²) in [5.74, 6) is 0.0417. The number of ether oxygens (including phenoxy) is 1. The smallest absolute Gasteiger partial charge is 0.251 e. The minimum absolute atomic E-state index is 0.0417. The fourth-order valence-corrected chi connectivity index (χ4v) is 4.49. The van der Waals surface area contributed by atoms with Crippen molar-refractivity contribution in [3.8, 4) is 0 Å². The number of morpholine rings is 1. The van der Waals surface area contributed by atoms with Gasteiger partial charge in [-0.2, -0.15) is 0 Å². The van der Waals surface area contributed by atoms with Gasteiger partial charge >= 0.3 is 0 Å². The lowest BCUT2D eigenvalue weighted by Gasteiger charge is -2.42. The summed E-state index contributed by atoms with van der Waals surface area (Å²) in [6.07, 6.45) is 8.20. The maximum Gasteiger partial charge on any atom is 0.251 e. The maximum atomic E-state index is 12.7. The highest BCUT2D eigenvalue weighted by Gasteiger charge is 2.34. The molecule has 2 heterocycles. The van der Waals surface area contributed by atoms with E-state index in [1.54, 1.807) is 0 Å². The molecule has 2 N–H and O–H groups in total. The Morgan fingerprint density at radius 1 is 1.15 bits per heavy atom. The summed E-state index contributed by atoms with van der Waals surface area (Å²) in [4.78, 5) is 18.4. The van der Waals surface area contributed by atoms with Crippen LogP contribution in [0, 0.1) is 5.41 Å². The molecule has 4 rings (SSSR count). The molecule has 1 aromatic heterocycles. The van der Waals surface area contributed by atoms with Gasteiger partial charge in [-0.3, -0.25) is 9.69 Å². The second kappa shape index (κ2) is 7.80. The molecule has 1 aliphatic carbocycles. The van der Waals surface area contributed by atoms with E-state index in [0.29, 0.717) is 0 Å². The lowest BCUT2D eigenvalue weighted by atomic mass is 9.73. The predicted molar refractivity (Wildman–Crippen MR) is 103 cm³/mol. The maximum absolute atomic E-state index is 12.7. The number of H-pyrrole nitrogens is 1. The first kappa shape index (κ1) is 17.6. The van der Waals surface area contributed by atoms with Crippen molar-refractivity contribution in [3.63, 3.8) is 0 Å². The molecule has 1 aliphatic heterocycles. The first-order valence-electron chi connectivity index (χ1n) is 9.90. The van der Waals surface area contributed by atoms with Crippen molar-refractivity contribution in [1.29, 1.82) is 0 Å². The number of nitrogens with one attached hydrogen (secondary N) is 2. The molecule has 0 spiro atoms. The molecular formula is C21H29N3O2. The van der Waals surface area contributed by atoms with Crippen LogP contribution in [0.4, 0.5) is 0 Å². The first-order chi connectivity index (χ1) is 12.7. The van der Waals surface area contributed by atoms with Gasteiger partial charge in [0.25, 0.3) is 5.91 Å². The van der Waals surface area contributed by atoms with Crippen molar-refractivity contribution >= 4 is 16.8 Å². The van der Waals surface area contributed by atoms with Crippen LogP contribution in [0.1, 0.15) is 42.5 Å². The third-order valence-electron chi connectivity index (χ3n) is 6.02. The van der Waals surface area contributed by atoms with Crippen LogP contribution in [0.25, 0.3) is 10.9 Å². The number of rotatable bonds is 5. The van der Waals surface area contributed by atoms with Crippen LogP contribution >= 0.6 is 0 Å². The first-order valence-corrected chi connectivity index (χ1v) is 9.90. The number of fused-ring (bicyclic) bond motifs is 1. The summed E-state index contributed by atoms with van der Waals surface area (Å²) in [6.45, 7) is 5.54. The van der Waals surface area contributed by atoms with Gasteiger partial charge in [-0.1, -0.05) is 19.3 Å². The second-order valence-corrected chi connectivity index (χ2v) is 7.91. The molecule has 0 unspecified atom stereocenters. The monoisotopic (exact) mass is 355 g/mol. The Hall–Kier alpha value is -1.85. The lowest BCUT2D eigenvalue weighted by molar-refractivity contribution is 0.00728. The fraction of sp³-hybridized carbons (Fsp3) is 0.571. The average Bonchev–Trinajstić information content (AvgIpc) is 3.15. The van der Waals surface area contributed by atoms with E-state index in [0.717, 1.165) is 55.9 Å². The van der Waals surface area contributed by atoms with E-state index in [2.05, 4.69) is 15.2 Å². The van der Waals surface area contributed by atoms with Crippen LogP contribution in [-0.4, -0.2) is 55.2 Å². The summed E-state index contributed by atoms with van der Waals surface area (Å²) in [6, 6.07) is 7.86. The molecule has 2 fully saturated rings. The molecule has 1 saturated heterocycles. The van der Waals surface area contributed by atoms with Gasteiger partial charge in [0.1, 0.15) is 0 Å². The second-order valence-electron chi connectivity index (χ2n) is 7.91. The van der Waals surface area contributed by atoms with Crippen LogP contribution < -0.4 is 5.32 Å². The van der Waals surface area contributed by atoms with Crippen molar-refractivity contribution in [2.75, 3.05) is 39.4 Å². The van der Waals surface area contributed by atoms with Crippen LogP contribution in [0.2, 0.25) is 0 Å². The minimum atomic E-state index is 0.0417. The van der Waals surface area contributed by atoms with E-state index in [1.807, 2.05) is 30.5 Å². The number of carbonyl (C=O) groups is 1. The van der Waals surface area contributed by atoms with E-state index >= 15 is 0 Å². The SMILES string of the molecule is O=C(NCC1(CN2CCOCC2)CCCCC1)c1ccc2[nH]ccc2c1. The molecule has 5 heteroatoms. The van der Waals surface area contributed by atoms with E-state index < -0.39 is 0 Å². The molecule has 0 bridgehead atoms. The van der Waals surface area contributed by atoms with E-state index in [-0.39, 0.29) is 11.3 Å². The molecule has 0 radical (unpaired) electrons. The molecule has 0 atom stereocenters. The Balaban J connectivity index is 1.42. The van der Waals surface area contributed by atoms with Crippen molar-refractivity contribution < 1.29 is 9.53 Å². The number of carbonyl (C=O) groups excluding carboxylic acids is 1. The summed E-state index contributed by atoms with van der Waals surface area (Å²) >= 11 is 0. The molecule has 2 aromatic rings. The lowest BCUT2D eigenvalue weighted by Crippen LogP contribution is -2.49. The number of amides is 1. The largest absolute Gasteiger partial charge is 0.379 e. The number of hydrogen-bond donors (Lipinski definition) is 2. The van der Waals surface area contributed by atoms with E-state index in [1.165, 1.54) is 32.1 Å². The van der Waals surface area contributed by atoms with Gasteiger partial charge in [-0.05, 0) is 37.1 Å². The Bertz CT molecular complexity index is 743. The van der Waals surface area contributed by atoms with E-state index in [9.17, 15) is 4.79 Å². The quantitative estimate of drug-likeness (QED) is 0.866. The number of aromatic nitrogens is 1. The zero-order valence-corrected chi connectivity index (χ0v) is 15.4. The van der Waals surface area contributed by atoms with Gasteiger partial charge in [-0.15, -0.1) is 0 Å². The van der Waals surface area contributed by atoms with Crippen molar-refractivity contribution in [1.82, 2.24) is 15.2 Å². The van der Waals surface area contributed by atoms with Crippen LogP contribution in [-0.2, 0) is 4.74 Å². The fourth-order valence-electron chi connectivity index (χ4n) is 4.49. The number of benzene rings is 1. The molecule has 2 aliphatic rings. The average molecular weight is 355 g/mol. The Kier molecular flexibility index (Phi) is 5.27. The zero-order chi connectivity index (χ0) is 17.8. The summed E-state index contributed by atoms with van der Waals surface area (Å²) in [5, 5.41) is 4.33. The van der Waals surface area contributed by atoms with Crippen molar-refractivity contribution in [2.24, 2.45) is 5.41 Å². The van der Waals surface area contributed by atoms with Crippen molar-refractivity contribution in [2.45, 2.75) is 32.1 Å². The number of nitrogens with zero attached hydrogens (tertiary/aromatic N) is 1. The molecule has 1 saturated carbocycles. The highest BCUT2D eigenvalue weighted by molar-refractivity contribution is 5.98. The van der Waals surface area contributed by atoms with Gasteiger partial charge in [0, 0.05) is 54.3 Å². The highest BCUT2D eigenvalue weighted by atomic mass is 16.5. The zero-order valence-electron chi connectivity index (χ0n) is 15.4. The molecule has 1 aromatic carbocycles. The molecule has 140 valence electrons. The summed E-state index contributed by atoms with van der Waals surface area (Å²) in [5.41, 5.74) is 2.02. The number of hydrogen-bond acceptors (Lipinski definition) is 3. The minimum Gasteiger partial charge on any atom is -0.379 e. The van der Waals surface area contributed by atoms with Crippen LogP contribution in [0.15, 0.2) is 30.5 Å².